The van der Waals surface area contributed by atoms with Crippen LogP contribution in [0.25, 0.3) is 0 Å². The van der Waals surface area contributed by atoms with Crippen molar-refractivity contribution in [2.45, 2.75) is 44.1 Å². The van der Waals surface area contributed by atoms with Crippen LogP contribution >= 0.6 is 11.6 Å². The van der Waals surface area contributed by atoms with E-state index >= 15 is 0 Å². The molecular formula is C12H18ClN3. The van der Waals surface area contributed by atoms with Gasteiger partial charge in [-0.3, -0.25) is 4.68 Å². The molecule has 16 heavy (non-hydrogen) atoms. The molecule has 3 nitrogen and oxygen atoms in total. The van der Waals surface area contributed by atoms with E-state index in [0.717, 1.165) is 18.1 Å². The molecule has 0 unspecified atom stereocenters. The van der Waals surface area contributed by atoms with Crippen molar-refractivity contribution in [2.24, 2.45) is 0 Å². The van der Waals surface area contributed by atoms with E-state index in [0.29, 0.717) is 12.0 Å². The summed E-state index contributed by atoms with van der Waals surface area (Å²) in [7, 11) is 0. The minimum absolute atomic E-state index is 0.560. The molecule has 1 aromatic heterocycles. The maximum atomic E-state index is 6.27. The average molecular weight is 240 g/mol. The number of aromatic nitrogens is 2. The molecule has 88 valence electrons. The SMILES string of the molecule is Clc1cnn(C2CCNCC2)c1C1CCC1. The Hall–Kier alpha value is -0.540. The maximum Gasteiger partial charge on any atom is 0.0820 e. The first-order valence-corrected chi connectivity index (χ1v) is 6.67. The van der Waals surface area contributed by atoms with Gasteiger partial charge in [0.1, 0.15) is 0 Å². The van der Waals surface area contributed by atoms with Crippen molar-refractivity contribution in [1.29, 1.82) is 0 Å². The lowest BCUT2D eigenvalue weighted by Gasteiger charge is -2.31. The predicted molar refractivity (Wildman–Crippen MR) is 65.0 cm³/mol. The van der Waals surface area contributed by atoms with Crippen molar-refractivity contribution in [3.63, 3.8) is 0 Å². The summed E-state index contributed by atoms with van der Waals surface area (Å²) in [5, 5.41) is 8.77. The smallest absolute Gasteiger partial charge is 0.0820 e. The van der Waals surface area contributed by atoms with Crippen LogP contribution < -0.4 is 5.32 Å². The van der Waals surface area contributed by atoms with Gasteiger partial charge in [-0.1, -0.05) is 18.0 Å². The number of hydrogen-bond acceptors (Lipinski definition) is 2. The Morgan fingerprint density at radius 2 is 2.00 bits per heavy atom. The van der Waals surface area contributed by atoms with Gasteiger partial charge >= 0.3 is 0 Å². The van der Waals surface area contributed by atoms with Gasteiger partial charge in [0.05, 0.1) is 23.0 Å². The molecule has 0 spiro atoms. The van der Waals surface area contributed by atoms with Crippen LogP contribution in [0.2, 0.25) is 5.02 Å². The fraction of sp³-hybridized carbons (Fsp3) is 0.750. The highest BCUT2D eigenvalue weighted by molar-refractivity contribution is 6.31. The molecule has 0 atom stereocenters. The summed E-state index contributed by atoms with van der Waals surface area (Å²) in [6, 6.07) is 0.560. The van der Waals surface area contributed by atoms with E-state index < -0.39 is 0 Å². The predicted octanol–water partition coefficient (Wildman–Crippen LogP) is 2.73. The molecular weight excluding hydrogens is 222 g/mol. The molecule has 0 aromatic carbocycles. The second kappa shape index (κ2) is 4.38. The van der Waals surface area contributed by atoms with Crippen LogP contribution in [0.15, 0.2) is 6.20 Å². The van der Waals surface area contributed by atoms with Gasteiger partial charge in [0, 0.05) is 5.92 Å². The molecule has 1 N–H and O–H groups in total. The average Bonchev–Trinajstić information content (AvgIpc) is 2.60. The fourth-order valence-electron chi connectivity index (χ4n) is 2.76. The van der Waals surface area contributed by atoms with E-state index in [9.17, 15) is 0 Å². The molecule has 0 bridgehead atoms. The van der Waals surface area contributed by atoms with Gasteiger partial charge < -0.3 is 5.32 Å². The summed E-state index contributed by atoms with van der Waals surface area (Å²) in [5.41, 5.74) is 1.31. The lowest BCUT2D eigenvalue weighted by atomic mass is 9.82. The Labute approximate surface area is 101 Å². The van der Waals surface area contributed by atoms with E-state index in [1.54, 1.807) is 0 Å². The van der Waals surface area contributed by atoms with Gasteiger partial charge in [0.25, 0.3) is 0 Å². The first-order valence-electron chi connectivity index (χ1n) is 6.30. The second-order valence-corrected chi connectivity index (χ2v) is 5.34. The van der Waals surface area contributed by atoms with Crippen molar-refractivity contribution in [1.82, 2.24) is 15.1 Å². The largest absolute Gasteiger partial charge is 0.317 e. The van der Waals surface area contributed by atoms with Gasteiger partial charge in [-0.05, 0) is 38.8 Å². The Morgan fingerprint density at radius 1 is 1.25 bits per heavy atom. The summed E-state index contributed by atoms with van der Waals surface area (Å²) in [6.45, 7) is 2.21. The van der Waals surface area contributed by atoms with Crippen LogP contribution in [0.4, 0.5) is 0 Å². The first-order chi connectivity index (χ1) is 7.86. The second-order valence-electron chi connectivity index (χ2n) is 4.93. The molecule has 0 amide bonds. The normalized spacial score (nSPS) is 23.3. The number of nitrogens with zero attached hydrogens (tertiary/aromatic N) is 2. The molecule has 2 heterocycles. The van der Waals surface area contributed by atoms with Crippen LogP contribution in [0, 0.1) is 0 Å². The molecule has 2 aliphatic rings. The minimum atomic E-state index is 0.560. The molecule has 0 radical (unpaired) electrons. The molecule has 1 aromatic rings. The Kier molecular flexibility index (Phi) is 2.90. The highest BCUT2D eigenvalue weighted by Crippen LogP contribution is 2.41. The van der Waals surface area contributed by atoms with E-state index in [-0.39, 0.29) is 0 Å². The molecule has 1 saturated carbocycles. The van der Waals surface area contributed by atoms with Gasteiger partial charge in [-0.25, -0.2) is 0 Å². The highest BCUT2D eigenvalue weighted by Gasteiger charge is 2.29. The third kappa shape index (κ3) is 1.76. The summed E-state index contributed by atoms with van der Waals surface area (Å²) < 4.78 is 2.22. The number of rotatable bonds is 2. The molecule has 1 aliphatic carbocycles. The number of hydrogen-bond donors (Lipinski definition) is 1. The quantitative estimate of drug-likeness (QED) is 0.860. The van der Waals surface area contributed by atoms with Gasteiger partial charge in [-0.15, -0.1) is 0 Å². The number of nitrogens with one attached hydrogen (secondary N) is 1. The van der Waals surface area contributed by atoms with Crippen LogP contribution in [0.3, 0.4) is 0 Å². The van der Waals surface area contributed by atoms with Crippen LogP contribution in [0.5, 0.6) is 0 Å². The van der Waals surface area contributed by atoms with E-state index in [4.69, 9.17) is 11.6 Å². The summed E-state index contributed by atoms with van der Waals surface area (Å²) >= 11 is 6.27. The lowest BCUT2D eigenvalue weighted by Crippen LogP contribution is -2.31. The first kappa shape index (κ1) is 10.6. The standard InChI is InChI=1S/C12H18ClN3/c13-11-8-15-16(10-4-6-14-7-5-10)12(11)9-2-1-3-9/h8-10,14H,1-7H2. The van der Waals surface area contributed by atoms with Crippen molar-refractivity contribution < 1.29 is 0 Å². The van der Waals surface area contributed by atoms with Crippen LogP contribution in [0.1, 0.15) is 49.8 Å². The zero-order chi connectivity index (χ0) is 11.0. The molecule has 4 heteroatoms. The molecule has 1 saturated heterocycles. The monoisotopic (exact) mass is 239 g/mol. The van der Waals surface area contributed by atoms with Crippen molar-refractivity contribution in [3.05, 3.63) is 16.9 Å². The highest BCUT2D eigenvalue weighted by atomic mass is 35.5. The number of halogens is 1. The number of piperidine rings is 1. The third-order valence-corrected chi connectivity index (χ3v) is 4.22. The molecule has 2 fully saturated rings. The fourth-order valence-corrected chi connectivity index (χ4v) is 3.04. The lowest BCUT2D eigenvalue weighted by molar-refractivity contribution is 0.309. The Bertz CT molecular complexity index is 364. The zero-order valence-electron chi connectivity index (χ0n) is 9.45. The molecule has 1 aliphatic heterocycles. The zero-order valence-corrected chi connectivity index (χ0v) is 10.2. The summed E-state index contributed by atoms with van der Waals surface area (Å²) in [6.07, 6.45) is 8.11. The summed E-state index contributed by atoms with van der Waals surface area (Å²) in [4.78, 5) is 0. The summed E-state index contributed by atoms with van der Waals surface area (Å²) in [5.74, 6) is 0.671. The van der Waals surface area contributed by atoms with Gasteiger partial charge in [0.2, 0.25) is 0 Å². The maximum absolute atomic E-state index is 6.27. The minimum Gasteiger partial charge on any atom is -0.317 e. The third-order valence-electron chi connectivity index (χ3n) is 3.93. The van der Waals surface area contributed by atoms with Crippen molar-refractivity contribution >= 4 is 11.6 Å². The van der Waals surface area contributed by atoms with Crippen LogP contribution in [-0.2, 0) is 0 Å². The van der Waals surface area contributed by atoms with Crippen molar-refractivity contribution in [2.75, 3.05) is 13.1 Å². The van der Waals surface area contributed by atoms with Gasteiger partial charge in [0.15, 0.2) is 0 Å². The topological polar surface area (TPSA) is 29.9 Å². The Morgan fingerprint density at radius 3 is 2.62 bits per heavy atom. The van der Waals surface area contributed by atoms with E-state index in [1.807, 2.05) is 6.20 Å². The van der Waals surface area contributed by atoms with Crippen molar-refractivity contribution in [3.8, 4) is 0 Å². The van der Waals surface area contributed by atoms with Gasteiger partial charge in [-0.2, -0.15) is 5.10 Å². The van der Waals surface area contributed by atoms with E-state index in [2.05, 4.69) is 15.1 Å². The molecule has 3 rings (SSSR count). The van der Waals surface area contributed by atoms with E-state index in [1.165, 1.54) is 37.8 Å². The van der Waals surface area contributed by atoms with Crippen LogP contribution in [-0.4, -0.2) is 22.9 Å². The Balaban J connectivity index is 1.87.